The number of aliphatic imine (C=N–C) groups is 1. The molecule has 1 unspecified atom stereocenters. The van der Waals surface area contributed by atoms with E-state index < -0.39 is 0 Å². The normalized spacial score (nSPS) is 19.5. The molecule has 0 heterocycles. The van der Waals surface area contributed by atoms with Crippen LogP contribution in [0.1, 0.15) is 33.6 Å². The Hall–Kier alpha value is -1.17. The monoisotopic (exact) mass is 207 g/mol. The average molecular weight is 207 g/mol. The third kappa shape index (κ3) is 3.16. The van der Waals surface area contributed by atoms with Crippen molar-refractivity contribution in [1.82, 2.24) is 4.90 Å². The molecule has 2 N–H and O–H groups in total. The van der Waals surface area contributed by atoms with Gasteiger partial charge in [-0.05, 0) is 18.3 Å². The number of terminal acetylenes is 1. The molecular weight excluding hydrogens is 186 g/mol. The van der Waals surface area contributed by atoms with E-state index in [1.165, 1.54) is 12.8 Å². The van der Waals surface area contributed by atoms with Crippen molar-refractivity contribution in [2.45, 2.75) is 45.7 Å². The Kier molecular flexibility index (Phi) is 3.28. The molecule has 0 radical (unpaired) electrons. The molecule has 0 aromatic carbocycles. The molecule has 3 nitrogen and oxygen atoms in total. The van der Waals surface area contributed by atoms with Gasteiger partial charge in [-0.25, -0.2) is 4.99 Å². The van der Waals surface area contributed by atoms with Crippen molar-refractivity contribution in [1.29, 1.82) is 0 Å². The van der Waals surface area contributed by atoms with Crippen LogP contribution in [0.4, 0.5) is 0 Å². The fraction of sp³-hybridized carbons (Fsp3) is 0.750. The van der Waals surface area contributed by atoms with Gasteiger partial charge in [-0.1, -0.05) is 26.7 Å². The van der Waals surface area contributed by atoms with Crippen molar-refractivity contribution in [3.8, 4) is 12.3 Å². The van der Waals surface area contributed by atoms with E-state index in [2.05, 4.69) is 31.7 Å². The van der Waals surface area contributed by atoms with Crippen LogP contribution in [0.2, 0.25) is 0 Å². The highest BCUT2D eigenvalue weighted by atomic mass is 15.3. The lowest BCUT2D eigenvalue weighted by Crippen LogP contribution is -2.38. The van der Waals surface area contributed by atoms with Crippen LogP contribution in [0, 0.1) is 17.8 Å². The summed E-state index contributed by atoms with van der Waals surface area (Å²) in [7, 11) is 1.98. The summed E-state index contributed by atoms with van der Waals surface area (Å²) in [6.07, 6.45) is 7.89. The fourth-order valence-electron chi connectivity index (χ4n) is 1.35. The summed E-state index contributed by atoms with van der Waals surface area (Å²) in [5, 5.41) is 0. The van der Waals surface area contributed by atoms with E-state index in [0.717, 1.165) is 0 Å². The highest BCUT2D eigenvalue weighted by Gasteiger charge is 2.29. The summed E-state index contributed by atoms with van der Waals surface area (Å²) in [5.74, 6) is 3.26. The predicted molar refractivity (Wildman–Crippen MR) is 64.5 cm³/mol. The van der Waals surface area contributed by atoms with Gasteiger partial charge < -0.3 is 10.6 Å². The lowest BCUT2D eigenvalue weighted by atomic mass is 9.88. The minimum absolute atomic E-state index is 0.0379. The van der Waals surface area contributed by atoms with Gasteiger partial charge in [-0.3, -0.25) is 0 Å². The van der Waals surface area contributed by atoms with Gasteiger partial charge in [0.1, 0.15) is 6.04 Å². The second kappa shape index (κ2) is 4.14. The van der Waals surface area contributed by atoms with E-state index in [-0.39, 0.29) is 11.5 Å². The molecule has 1 atom stereocenters. The Morgan fingerprint density at radius 3 is 2.40 bits per heavy atom. The molecule has 0 aliphatic heterocycles. The van der Waals surface area contributed by atoms with E-state index in [9.17, 15) is 0 Å². The third-order valence-corrected chi connectivity index (χ3v) is 2.70. The molecule has 1 fully saturated rings. The summed E-state index contributed by atoms with van der Waals surface area (Å²) in [6.45, 7) is 6.22. The molecule has 0 aromatic heterocycles. The Bertz CT molecular complexity index is 289. The molecule has 15 heavy (non-hydrogen) atoms. The Morgan fingerprint density at radius 2 is 2.07 bits per heavy atom. The number of nitrogens with two attached hydrogens (primary N) is 1. The van der Waals surface area contributed by atoms with Crippen molar-refractivity contribution in [3.63, 3.8) is 0 Å². The van der Waals surface area contributed by atoms with Crippen molar-refractivity contribution in [2.75, 3.05) is 7.05 Å². The van der Waals surface area contributed by atoms with Crippen molar-refractivity contribution >= 4 is 5.96 Å². The molecule has 0 bridgehead atoms. The molecule has 3 heteroatoms. The van der Waals surface area contributed by atoms with Crippen molar-refractivity contribution in [2.24, 2.45) is 16.1 Å². The maximum absolute atomic E-state index is 5.91. The SMILES string of the molecule is C#CC(N=C(N)N(C)C1CC1)C(C)(C)C. The molecule has 0 aromatic rings. The number of hydrogen-bond acceptors (Lipinski definition) is 1. The summed E-state index contributed by atoms with van der Waals surface area (Å²) < 4.78 is 0. The lowest BCUT2D eigenvalue weighted by Gasteiger charge is -2.25. The van der Waals surface area contributed by atoms with Crippen LogP contribution >= 0.6 is 0 Å². The lowest BCUT2D eigenvalue weighted by molar-refractivity contribution is 0.370. The molecule has 1 rings (SSSR count). The molecule has 0 saturated heterocycles. The summed E-state index contributed by atoms with van der Waals surface area (Å²) in [5.41, 5.74) is 5.87. The quantitative estimate of drug-likeness (QED) is 0.423. The average Bonchev–Trinajstić information content (AvgIpc) is 2.93. The number of nitrogens with zero attached hydrogens (tertiary/aromatic N) is 2. The Balaban J connectivity index is 2.71. The van der Waals surface area contributed by atoms with Crippen LogP contribution in [0.25, 0.3) is 0 Å². The van der Waals surface area contributed by atoms with Gasteiger partial charge >= 0.3 is 0 Å². The Labute approximate surface area is 92.7 Å². The zero-order valence-electron chi connectivity index (χ0n) is 10.1. The molecule has 1 aliphatic carbocycles. The standard InChI is InChI=1S/C12H21N3/c1-6-10(12(2,3)4)14-11(13)15(5)9-7-8-9/h1,9-10H,7-8H2,2-5H3,(H2,13,14). The maximum Gasteiger partial charge on any atom is 0.192 e. The van der Waals surface area contributed by atoms with Crippen molar-refractivity contribution < 1.29 is 0 Å². The van der Waals surface area contributed by atoms with Crippen LogP contribution < -0.4 is 5.73 Å². The van der Waals surface area contributed by atoms with Crippen LogP contribution in [-0.4, -0.2) is 30.0 Å². The number of hydrogen-bond donors (Lipinski definition) is 1. The van der Waals surface area contributed by atoms with Crippen LogP contribution in [0.5, 0.6) is 0 Å². The number of guanidine groups is 1. The van der Waals surface area contributed by atoms with E-state index in [1.807, 2.05) is 11.9 Å². The van der Waals surface area contributed by atoms with E-state index in [1.54, 1.807) is 0 Å². The van der Waals surface area contributed by atoms with E-state index >= 15 is 0 Å². The van der Waals surface area contributed by atoms with Gasteiger partial charge in [-0.2, -0.15) is 0 Å². The summed E-state index contributed by atoms with van der Waals surface area (Å²) >= 11 is 0. The zero-order chi connectivity index (χ0) is 11.6. The van der Waals surface area contributed by atoms with Gasteiger partial charge in [0, 0.05) is 13.1 Å². The Morgan fingerprint density at radius 1 is 1.53 bits per heavy atom. The predicted octanol–water partition coefficient (Wildman–Crippen LogP) is 1.44. The molecular formula is C12H21N3. The van der Waals surface area contributed by atoms with Gasteiger partial charge in [0.05, 0.1) is 0 Å². The van der Waals surface area contributed by atoms with Gasteiger partial charge in [0.25, 0.3) is 0 Å². The van der Waals surface area contributed by atoms with Gasteiger partial charge in [-0.15, -0.1) is 6.42 Å². The maximum atomic E-state index is 5.91. The third-order valence-electron chi connectivity index (χ3n) is 2.70. The zero-order valence-corrected chi connectivity index (χ0v) is 10.1. The molecule has 1 aliphatic rings. The fourth-order valence-corrected chi connectivity index (χ4v) is 1.35. The molecule has 0 amide bonds. The molecule has 1 saturated carbocycles. The minimum Gasteiger partial charge on any atom is -0.370 e. The second-order valence-electron chi connectivity index (χ2n) is 5.26. The number of rotatable bonds is 2. The van der Waals surface area contributed by atoms with E-state index in [4.69, 9.17) is 12.2 Å². The summed E-state index contributed by atoms with van der Waals surface area (Å²) in [4.78, 5) is 6.44. The van der Waals surface area contributed by atoms with Crippen LogP contribution in [0.15, 0.2) is 4.99 Å². The first-order valence-electron chi connectivity index (χ1n) is 5.38. The topological polar surface area (TPSA) is 41.6 Å². The highest BCUT2D eigenvalue weighted by Crippen LogP contribution is 2.26. The van der Waals surface area contributed by atoms with Gasteiger partial charge in [0.15, 0.2) is 5.96 Å². The largest absolute Gasteiger partial charge is 0.370 e. The molecule has 0 spiro atoms. The summed E-state index contributed by atoms with van der Waals surface area (Å²) in [6, 6.07) is 0.422. The highest BCUT2D eigenvalue weighted by molar-refractivity contribution is 5.78. The minimum atomic E-state index is -0.154. The second-order valence-corrected chi connectivity index (χ2v) is 5.26. The smallest absolute Gasteiger partial charge is 0.192 e. The first kappa shape index (κ1) is 11.9. The van der Waals surface area contributed by atoms with E-state index in [0.29, 0.717) is 12.0 Å². The first-order valence-corrected chi connectivity index (χ1v) is 5.38. The first-order chi connectivity index (χ1) is 6.86. The van der Waals surface area contributed by atoms with Crippen molar-refractivity contribution in [3.05, 3.63) is 0 Å². The molecule has 84 valence electrons. The van der Waals surface area contributed by atoms with Gasteiger partial charge in [0.2, 0.25) is 0 Å². The van der Waals surface area contributed by atoms with Crippen LogP contribution in [0.3, 0.4) is 0 Å². The van der Waals surface area contributed by atoms with Crippen LogP contribution in [-0.2, 0) is 0 Å².